The van der Waals surface area contributed by atoms with Gasteiger partial charge in [0, 0.05) is 6.08 Å². The molecule has 5 heteroatoms. The fourth-order valence-electron chi connectivity index (χ4n) is 0.152. The van der Waals surface area contributed by atoms with Crippen LogP contribution in [0.5, 0.6) is 0 Å². The Morgan fingerprint density at radius 3 is 2.11 bits per heavy atom. The van der Waals surface area contributed by atoms with E-state index in [1.807, 2.05) is 0 Å². The molecule has 40 valence electrons. The van der Waals surface area contributed by atoms with Crippen molar-refractivity contribution in [2.45, 2.75) is 0 Å². The van der Waals surface area contributed by atoms with Crippen molar-refractivity contribution in [2.75, 3.05) is 6.54 Å². The zero-order chi connectivity index (χ0) is 5.70. The minimum Gasteiger partial charge on any atom is -0.674 e. The van der Waals surface area contributed by atoms with E-state index in [9.17, 15) is 9.18 Å². The summed E-state index contributed by atoms with van der Waals surface area (Å²) in [6, 6.07) is -1.49. The molecule has 0 radical (unpaired) electrons. The van der Waals surface area contributed by atoms with Crippen LogP contribution in [0.3, 0.4) is 0 Å². The molecule has 0 aromatic carbocycles. The van der Waals surface area contributed by atoms with E-state index in [1.165, 1.54) is 0 Å². The van der Waals surface area contributed by atoms with Gasteiger partial charge in [-0.25, -0.2) is 0 Å². The third kappa shape index (κ3) is 18.1. The second-order valence-electron chi connectivity index (χ2n) is 0.911. The van der Waals surface area contributed by atoms with Gasteiger partial charge in [-0.2, -0.15) is 4.39 Å². The van der Waals surface area contributed by atoms with Gasteiger partial charge in [0.1, 0.15) is 0 Å². The Hall–Kier alpha value is 2.91. The number of hydrogen-bond acceptors (Lipinski definition) is 1. The summed E-state index contributed by atoms with van der Waals surface area (Å²) in [5.74, 6) is 0. The normalized spacial score (nSPS) is 7.78. The van der Waals surface area contributed by atoms with E-state index in [0.717, 1.165) is 12.2 Å². The maximum absolute atomic E-state index is 11.1. The first-order valence-corrected chi connectivity index (χ1v) is 1.78. The van der Waals surface area contributed by atoms with Crippen molar-refractivity contribution in [2.24, 2.45) is 0 Å². The number of nitrogens with one attached hydrogen (secondary N) is 1. The molecule has 0 aliphatic rings. The van der Waals surface area contributed by atoms with Crippen molar-refractivity contribution < 1.29 is 126 Å². The molecule has 0 saturated heterocycles. The number of rotatable bonds is 2. The molecule has 9 heavy (non-hydrogen) atoms. The van der Waals surface area contributed by atoms with Crippen LogP contribution in [-0.4, -0.2) is 12.6 Å². The molecule has 0 aliphatic heterocycles. The summed E-state index contributed by atoms with van der Waals surface area (Å²) in [5.41, 5.74) is 6.39. The third-order valence-corrected chi connectivity index (χ3v) is 0.367. The fraction of sp³-hybridized carbons (Fsp3) is 0.250. The van der Waals surface area contributed by atoms with E-state index in [-0.39, 0.29) is 123 Å². The zero-order valence-corrected chi connectivity index (χ0v) is 15.5. The molecule has 0 unspecified atom stereocenters. The first kappa shape index (κ1) is 17.9. The van der Waals surface area contributed by atoms with Crippen LogP contribution in [0.15, 0.2) is 12.2 Å². The molecule has 0 aromatic rings. The molecular weight excluding hydrogens is 268 g/mol. The second kappa shape index (κ2) is 13.5. The second-order valence-corrected chi connectivity index (χ2v) is 0.911. The zero-order valence-electron chi connectivity index (χ0n) is 5.65. The first-order chi connectivity index (χ1) is 3.27. The quantitative estimate of drug-likeness (QED) is 0.367. The van der Waals surface area contributed by atoms with Gasteiger partial charge in [-0.3, -0.25) is 4.79 Å². The van der Waals surface area contributed by atoms with Gasteiger partial charge in [-0.05, 0) is 0 Å². The van der Waals surface area contributed by atoms with Crippen molar-refractivity contribution in [1.29, 1.82) is 0 Å². The predicted molar refractivity (Wildman–Crippen MR) is 24.4 cm³/mol. The molecule has 0 aromatic heterocycles. The third-order valence-electron chi connectivity index (χ3n) is 0.367. The molecule has 0 heterocycles. The van der Waals surface area contributed by atoms with E-state index in [2.05, 4.69) is 0 Å². The number of halogens is 1. The summed E-state index contributed by atoms with van der Waals surface area (Å²) >= 11 is 0. The van der Waals surface area contributed by atoms with Gasteiger partial charge in [0.05, 0.1) is 0 Å². The van der Waals surface area contributed by atoms with Crippen LogP contribution < -0.4 is 116 Å². The molecule has 0 atom stereocenters. The number of carbonyl (C=O) groups excluding carboxylic acids is 1. The van der Waals surface area contributed by atoms with Crippen LogP contribution in [0.25, 0.3) is 5.73 Å². The van der Waals surface area contributed by atoms with Crippen molar-refractivity contribution >= 4 is 6.04 Å². The van der Waals surface area contributed by atoms with Crippen LogP contribution in [0, 0.1) is 0 Å². The molecule has 0 bridgehead atoms. The molecule has 0 aliphatic carbocycles. The van der Waals surface area contributed by atoms with Gasteiger partial charge < -0.3 is 5.73 Å². The Morgan fingerprint density at radius 2 is 2.00 bits per heavy atom. The summed E-state index contributed by atoms with van der Waals surface area (Å²) in [7, 11) is 0. The van der Waals surface area contributed by atoms with E-state index < -0.39 is 6.04 Å². The van der Waals surface area contributed by atoms with Crippen LogP contribution in [-0.2, 0) is 4.79 Å². The van der Waals surface area contributed by atoms with Gasteiger partial charge in [-0.15, -0.1) is 6.54 Å². The largest absolute Gasteiger partial charge is 1.00 e. The van der Waals surface area contributed by atoms with Crippen LogP contribution >= 0.6 is 0 Å². The Labute approximate surface area is 151 Å². The standard InChI is InChI=1S/C4H5FNO.2Rb/c5-4(7)2-1-3-6;;/h1-2,6H,3H2;;/q-1;2*+1/b2-1+;;. The van der Waals surface area contributed by atoms with E-state index in [1.54, 1.807) is 0 Å². The SMILES string of the molecule is [NH-]C/C=C/C(=O)F.[Rb+].[Rb+]. The average molecular weight is 273 g/mol. The van der Waals surface area contributed by atoms with Crippen molar-refractivity contribution in [3.8, 4) is 0 Å². The summed E-state index contributed by atoms with van der Waals surface area (Å²) < 4.78 is 11.1. The van der Waals surface area contributed by atoms with Crippen molar-refractivity contribution in [1.82, 2.24) is 0 Å². The minimum atomic E-state index is -1.49. The first-order valence-electron chi connectivity index (χ1n) is 1.78. The molecular formula is C4H5FNORb2+. The average Bonchev–Trinajstić information content (AvgIpc) is 1.61. The monoisotopic (exact) mass is 272 g/mol. The Morgan fingerprint density at radius 1 is 1.56 bits per heavy atom. The van der Waals surface area contributed by atoms with E-state index in [4.69, 9.17) is 5.73 Å². The molecule has 0 spiro atoms. The molecule has 2 nitrogen and oxygen atoms in total. The Bertz CT molecular complexity index is 96.6. The molecule has 0 rings (SSSR count). The van der Waals surface area contributed by atoms with Gasteiger partial charge in [0.25, 0.3) is 0 Å². The van der Waals surface area contributed by atoms with Crippen molar-refractivity contribution in [3.05, 3.63) is 17.9 Å². The van der Waals surface area contributed by atoms with Gasteiger partial charge >= 0.3 is 122 Å². The van der Waals surface area contributed by atoms with Gasteiger partial charge in [0.15, 0.2) is 0 Å². The smallest absolute Gasteiger partial charge is 0.674 e. The molecule has 0 saturated carbocycles. The van der Waals surface area contributed by atoms with Crippen LogP contribution in [0.2, 0.25) is 0 Å². The number of allylic oxidation sites excluding steroid dienone is 1. The van der Waals surface area contributed by atoms with Gasteiger partial charge in [-0.1, -0.05) is 6.08 Å². The summed E-state index contributed by atoms with van der Waals surface area (Å²) in [5, 5.41) is 0. The van der Waals surface area contributed by atoms with Crippen LogP contribution in [0.4, 0.5) is 4.39 Å². The Kier molecular flexibility index (Phi) is 26.8. The molecule has 1 N–H and O–H groups in total. The summed E-state index contributed by atoms with van der Waals surface area (Å²) in [4.78, 5) is 9.37. The molecule has 0 amide bonds. The Balaban J connectivity index is -0.000000180. The number of hydrogen-bond donors (Lipinski definition) is 0. The number of carbonyl (C=O) groups is 1. The van der Waals surface area contributed by atoms with Crippen molar-refractivity contribution in [3.63, 3.8) is 0 Å². The minimum absolute atomic E-state index is 0. The fourth-order valence-corrected chi connectivity index (χ4v) is 0.152. The predicted octanol–water partition coefficient (Wildman–Crippen LogP) is -4.90. The topological polar surface area (TPSA) is 40.9 Å². The summed E-state index contributed by atoms with van der Waals surface area (Å²) in [6.45, 7) is -0.0460. The van der Waals surface area contributed by atoms with E-state index >= 15 is 0 Å². The molecule has 0 fully saturated rings. The maximum atomic E-state index is 11.1. The summed E-state index contributed by atoms with van der Waals surface area (Å²) in [6.07, 6.45) is 1.87. The van der Waals surface area contributed by atoms with Crippen LogP contribution in [0.1, 0.15) is 0 Å². The van der Waals surface area contributed by atoms with E-state index in [0.29, 0.717) is 0 Å². The van der Waals surface area contributed by atoms with Gasteiger partial charge in [0.2, 0.25) is 0 Å². The maximum Gasteiger partial charge on any atom is 1.00 e.